The SMILES string of the molecule is COC(=O)C(OC)(c1ccccc1)c1cccs1. The molecule has 94 valence electrons. The summed E-state index contributed by atoms with van der Waals surface area (Å²) in [5.74, 6) is -0.418. The van der Waals surface area contributed by atoms with Crippen molar-refractivity contribution in [2.45, 2.75) is 5.60 Å². The molecule has 0 aliphatic rings. The Morgan fingerprint density at radius 1 is 1.11 bits per heavy atom. The van der Waals surface area contributed by atoms with Crippen LogP contribution in [0.25, 0.3) is 0 Å². The first kappa shape index (κ1) is 12.8. The minimum Gasteiger partial charge on any atom is -0.466 e. The highest BCUT2D eigenvalue weighted by Gasteiger charge is 2.44. The smallest absolute Gasteiger partial charge is 0.348 e. The Hall–Kier alpha value is -1.65. The molecular formula is C14H14O3S. The average Bonchev–Trinajstić information content (AvgIpc) is 2.95. The van der Waals surface area contributed by atoms with Gasteiger partial charge >= 0.3 is 5.97 Å². The summed E-state index contributed by atoms with van der Waals surface area (Å²) < 4.78 is 10.5. The summed E-state index contributed by atoms with van der Waals surface area (Å²) in [4.78, 5) is 13.0. The number of rotatable bonds is 4. The molecule has 1 aromatic heterocycles. The predicted octanol–water partition coefficient (Wildman–Crippen LogP) is 2.81. The van der Waals surface area contributed by atoms with Crippen LogP contribution in [0.2, 0.25) is 0 Å². The maximum atomic E-state index is 12.2. The van der Waals surface area contributed by atoms with Crippen LogP contribution in [-0.2, 0) is 19.9 Å². The number of esters is 1. The zero-order chi connectivity index (χ0) is 13.0. The molecule has 1 aromatic carbocycles. The van der Waals surface area contributed by atoms with Crippen LogP contribution >= 0.6 is 11.3 Å². The zero-order valence-corrected chi connectivity index (χ0v) is 11.1. The summed E-state index contributed by atoms with van der Waals surface area (Å²) in [5, 5.41) is 1.91. The van der Waals surface area contributed by atoms with Gasteiger partial charge in [0.2, 0.25) is 5.60 Å². The van der Waals surface area contributed by atoms with Crippen molar-refractivity contribution in [2.75, 3.05) is 14.2 Å². The van der Waals surface area contributed by atoms with Crippen LogP contribution in [-0.4, -0.2) is 20.2 Å². The van der Waals surface area contributed by atoms with E-state index in [1.54, 1.807) is 0 Å². The molecule has 0 radical (unpaired) electrons. The normalized spacial score (nSPS) is 13.9. The van der Waals surface area contributed by atoms with Gasteiger partial charge in [0.15, 0.2) is 0 Å². The second kappa shape index (κ2) is 5.33. The van der Waals surface area contributed by atoms with Crippen LogP contribution in [0, 0.1) is 0 Å². The molecule has 0 spiro atoms. The number of ether oxygens (including phenoxy) is 2. The molecule has 0 N–H and O–H groups in total. The molecule has 3 nitrogen and oxygen atoms in total. The Bertz CT molecular complexity index is 507. The molecule has 18 heavy (non-hydrogen) atoms. The van der Waals surface area contributed by atoms with Gasteiger partial charge in [0.1, 0.15) is 0 Å². The minimum atomic E-state index is -1.18. The van der Waals surface area contributed by atoms with Gasteiger partial charge < -0.3 is 9.47 Å². The first-order chi connectivity index (χ1) is 8.75. The van der Waals surface area contributed by atoms with Crippen molar-refractivity contribution < 1.29 is 14.3 Å². The molecule has 1 atom stereocenters. The maximum absolute atomic E-state index is 12.2. The fourth-order valence-electron chi connectivity index (χ4n) is 1.96. The molecule has 0 saturated carbocycles. The quantitative estimate of drug-likeness (QED) is 0.795. The number of carbonyl (C=O) groups is 1. The van der Waals surface area contributed by atoms with Crippen LogP contribution < -0.4 is 0 Å². The van der Waals surface area contributed by atoms with E-state index in [2.05, 4.69) is 0 Å². The third kappa shape index (κ3) is 1.94. The van der Waals surface area contributed by atoms with Crippen LogP contribution in [0.3, 0.4) is 0 Å². The molecule has 2 rings (SSSR count). The number of methoxy groups -OCH3 is 2. The van der Waals surface area contributed by atoms with Crippen molar-refractivity contribution in [1.29, 1.82) is 0 Å². The molecule has 1 unspecified atom stereocenters. The van der Waals surface area contributed by atoms with Crippen LogP contribution in [0.4, 0.5) is 0 Å². The molecule has 0 amide bonds. The van der Waals surface area contributed by atoms with E-state index < -0.39 is 11.6 Å². The van der Waals surface area contributed by atoms with Crippen molar-refractivity contribution in [3.63, 3.8) is 0 Å². The number of carbonyl (C=O) groups excluding carboxylic acids is 1. The van der Waals surface area contributed by atoms with E-state index in [0.29, 0.717) is 0 Å². The second-order valence-corrected chi connectivity index (χ2v) is 4.67. The Kier molecular flexibility index (Phi) is 3.79. The van der Waals surface area contributed by atoms with Gasteiger partial charge in [-0.05, 0) is 11.4 Å². The molecule has 0 saturated heterocycles. The highest BCUT2D eigenvalue weighted by Crippen LogP contribution is 2.37. The fraction of sp³-hybridized carbons (Fsp3) is 0.214. The summed E-state index contributed by atoms with van der Waals surface area (Å²) >= 11 is 1.47. The van der Waals surface area contributed by atoms with Gasteiger partial charge in [-0.2, -0.15) is 0 Å². The van der Waals surface area contributed by atoms with Gasteiger partial charge in [0, 0.05) is 12.7 Å². The monoisotopic (exact) mass is 262 g/mol. The lowest BCUT2D eigenvalue weighted by Gasteiger charge is -2.28. The van der Waals surface area contributed by atoms with Gasteiger partial charge in [0.25, 0.3) is 0 Å². The fourth-order valence-corrected chi connectivity index (χ4v) is 2.87. The summed E-state index contributed by atoms with van der Waals surface area (Å²) in [5.41, 5.74) is -0.411. The standard InChI is InChI=1S/C14H14O3S/c1-16-13(15)14(17-2,12-9-6-10-18-12)11-7-4-3-5-8-11/h3-10H,1-2H3. The molecule has 2 aromatic rings. The van der Waals surface area contributed by atoms with E-state index in [-0.39, 0.29) is 0 Å². The molecule has 0 fully saturated rings. The first-order valence-corrected chi connectivity index (χ1v) is 6.36. The van der Waals surface area contributed by atoms with Crippen LogP contribution in [0.15, 0.2) is 47.8 Å². The van der Waals surface area contributed by atoms with E-state index in [4.69, 9.17) is 9.47 Å². The van der Waals surface area contributed by atoms with E-state index in [1.165, 1.54) is 25.6 Å². The van der Waals surface area contributed by atoms with Gasteiger partial charge in [0.05, 0.1) is 12.0 Å². The Labute approximate surface area is 110 Å². The topological polar surface area (TPSA) is 35.5 Å². The molecule has 4 heteroatoms. The Balaban J connectivity index is 2.63. The molecule has 0 bridgehead atoms. The van der Waals surface area contributed by atoms with E-state index in [1.807, 2.05) is 47.8 Å². The highest BCUT2D eigenvalue weighted by molar-refractivity contribution is 7.10. The molecule has 0 aliphatic heterocycles. The van der Waals surface area contributed by atoms with Crippen LogP contribution in [0.1, 0.15) is 10.4 Å². The van der Waals surface area contributed by atoms with E-state index in [0.717, 1.165) is 10.4 Å². The van der Waals surface area contributed by atoms with Crippen molar-refractivity contribution in [1.82, 2.24) is 0 Å². The third-order valence-corrected chi connectivity index (χ3v) is 3.80. The highest BCUT2D eigenvalue weighted by atomic mass is 32.1. The largest absolute Gasteiger partial charge is 0.466 e. The van der Waals surface area contributed by atoms with E-state index >= 15 is 0 Å². The van der Waals surface area contributed by atoms with Crippen molar-refractivity contribution in [2.24, 2.45) is 0 Å². The van der Waals surface area contributed by atoms with E-state index in [9.17, 15) is 4.79 Å². The second-order valence-electron chi connectivity index (χ2n) is 3.72. The number of hydrogen-bond donors (Lipinski definition) is 0. The minimum absolute atomic E-state index is 0.418. The van der Waals surface area contributed by atoms with Crippen molar-refractivity contribution in [3.05, 3.63) is 58.3 Å². The van der Waals surface area contributed by atoms with Crippen LogP contribution in [0.5, 0.6) is 0 Å². The van der Waals surface area contributed by atoms with Crippen molar-refractivity contribution in [3.8, 4) is 0 Å². The first-order valence-electron chi connectivity index (χ1n) is 5.48. The summed E-state index contributed by atoms with van der Waals surface area (Å²) in [6, 6.07) is 13.1. The van der Waals surface area contributed by atoms with Crippen molar-refractivity contribution >= 4 is 17.3 Å². The lowest BCUT2D eigenvalue weighted by Crippen LogP contribution is -2.39. The van der Waals surface area contributed by atoms with Gasteiger partial charge in [-0.25, -0.2) is 4.79 Å². The summed E-state index contributed by atoms with van der Waals surface area (Å²) in [6.45, 7) is 0. The summed E-state index contributed by atoms with van der Waals surface area (Å²) in [7, 11) is 2.89. The Morgan fingerprint density at radius 2 is 1.83 bits per heavy atom. The molecular weight excluding hydrogens is 248 g/mol. The maximum Gasteiger partial charge on any atom is 0.348 e. The number of benzene rings is 1. The third-order valence-electron chi connectivity index (χ3n) is 2.83. The Morgan fingerprint density at radius 3 is 2.33 bits per heavy atom. The summed E-state index contributed by atoms with van der Waals surface area (Å²) in [6.07, 6.45) is 0. The van der Waals surface area contributed by atoms with Gasteiger partial charge in [-0.1, -0.05) is 36.4 Å². The number of hydrogen-bond acceptors (Lipinski definition) is 4. The number of thiophene rings is 1. The lowest BCUT2D eigenvalue weighted by atomic mass is 9.92. The zero-order valence-electron chi connectivity index (χ0n) is 10.3. The van der Waals surface area contributed by atoms with Gasteiger partial charge in [-0.15, -0.1) is 11.3 Å². The van der Waals surface area contributed by atoms with Gasteiger partial charge in [-0.3, -0.25) is 0 Å². The average molecular weight is 262 g/mol. The lowest BCUT2D eigenvalue weighted by molar-refractivity contribution is -0.161. The molecule has 0 aliphatic carbocycles. The molecule has 1 heterocycles. The predicted molar refractivity (Wildman–Crippen MR) is 70.6 cm³/mol.